The molecule has 0 saturated heterocycles. The molecule has 2 rings (SSSR count). The van der Waals surface area contributed by atoms with Crippen molar-refractivity contribution in [2.24, 2.45) is 0 Å². The molecule has 0 unspecified atom stereocenters. The van der Waals surface area contributed by atoms with Crippen molar-refractivity contribution >= 4 is 5.91 Å². The van der Waals surface area contributed by atoms with Gasteiger partial charge in [-0.15, -0.1) is 0 Å². The van der Waals surface area contributed by atoms with Gasteiger partial charge in [-0.3, -0.25) is 4.79 Å². The maximum absolute atomic E-state index is 12.4. The van der Waals surface area contributed by atoms with Gasteiger partial charge in [-0.25, -0.2) is 0 Å². The molecule has 1 N–H and O–H groups in total. The molecule has 26 heavy (non-hydrogen) atoms. The summed E-state index contributed by atoms with van der Waals surface area (Å²) in [6.45, 7) is 3.21. The van der Waals surface area contributed by atoms with Crippen LogP contribution in [0.15, 0.2) is 42.5 Å². The fraction of sp³-hybridized carbons (Fsp3) is 0.381. The Kier molecular flexibility index (Phi) is 7.80. The summed E-state index contributed by atoms with van der Waals surface area (Å²) in [4.78, 5) is 12.4. The lowest BCUT2D eigenvalue weighted by atomic mass is 10.1. The van der Waals surface area contributed by atoms with Crippen LogP contribution < -0.4 is 19.5 Å². The Morgan fingerprint density at radius 1 is 0.962 bits per heavy atom. The SMILES string of the molecule is CCCCCOc1cc(C(=O)NCc2ccc(OC)cc2)ccc1OC. The van der Waals surface area contributed by atoms with Gasteiger partial charge in [-0.2, -0.15) is 0 Å². The van der Waals surface area contributed by atoms with Crippen LogP contribution >= 0.6 is 0 Å². The van der Waals surface area contributed by atoms with Gasteiger partial charge < -0.3 is 19.5 Å². The maximum atomic E-state index is 12.4. The average molecular weight is 357 g/mol. The Morgan fingerprint density at radius 3 is 2.38 bits per heavy atom. The van der Waals surface area contributed by atoms with Crippen LogP contribution in [0.4, 0.5) is 0 Å². The van der Waals surface area contributed by atoms with Gasteiger partial charge in [0, 0.05) is 12.1 Å². The number of carbonyl (C=O) groups excluding carboxylic acids is 1. The zero-order valence-corrected chi connectivity index (χ0v) is 15.7. The Labute approximate surface area is 155 Å². The van der Waals surface area contributed by atoms with Gasteiger partial charge in [0.1, 0.15) is 5.75 Å². The number of carbonyl (C=O) groups is 1. The van der Waals surface area contributed by atoms with Crippen molar-refractivity contribution in [3.05, 3.63) is 53.6 Å². The summed E-state index contributed by atoms with van der Waals surface area (Å²) in [6, 6.07) is 12.8. The second kappa shape index (κ2) is 10.3. The number of methoxy groups -OCH3 is 2. The number of unbranched alkanes of at least 4 members (excludes halogenated alkanes) is 2. The molecule has 2 aromatic rings. The molecule has 0 heterocycles. The van der Waals surface area contributed by atoms with E-state index in [9.17, 15) is 4.79 Å². The molecule has 0 aliphatic rings. The van der Waals surface area contributed by atoms with Crippen molar-refractivity contribution in [3.8, 4) is 17.2 Å². The Bertz CT molecular complexity index is 698. The molecule has 5 nitrogen and oxygen atoms in total. The predicted octanol–water partition coefficient (Wildman–Crippen LogP) is 4.20. The normalized spacial score (nSPS) is 10.3. The van der Waals surface area contributed by atoms with Crippen LogP contribution in [0.25, 0.3) is 0 Å². The van der Waals surface area contributed by atoms with E-state index in [-0.39, 0.29) is 5.91 Å². The van der Waals surface area contributed by atoms with E-state index >= 15 is 0 Å². The van der Waals surface area contributed by atoms with Gasteiger partial charge in [0.25, 0.3) is 5.91 Å². The molecular weight excluding hydrogens is 330 g/mol. The van der Waals surface area contributed by atoms with E-state index in [1.807, 2.05) is 24.3 Å². The van der Waals surface area contributed by atoms with Crippen molar-refractivity contribution < 1.29 is 19.0 Å². The predicted molar refractivity (Wildman–Crippen MR) is 102 cm³/mol. The van der Waals surface area contributed by atoms with Crippen molar-refractivity contribution in [1.29, 1.82) is 0 Å². The van der Waals surface area contributed by atoms with E-state index < -0.39 is 0 Å². The number of ether oxygens (including phenoxy) is 3. The first-order valence-electron chi connectivity index (χ1n) is 8.90. The molecule has 1 amide bonds. The lowest BCUT2D eigenvalue weighted by Crippen LogP contribution is -2.22. The molecule has 2 aromatic carbocycles. The number of hydrogen-bond donors (Lipinski definition) is 1. The lowest BCUT2D eigenvalue weighted by Gasteiger charge is -2.12. The average Bonchev–Trinajstić information content (AvgIpc) is 2.69. The summed E-state index contributed by atoms with van der Waals surface area (Å²) < 4.78 is 16.2. The largest absolute Gasteiger partial charge is 0.497 e. The van der Waals surface area contributed by atoms with Crippen LogP contribution in [0.5, 0.6) is 17.2 Å². The van der Waals surface area contributed by atoms with Gasteiger partial charge in [0.05, 0.1) is 20.8 Å². The van der Waals surface area contributed by atoms with Gasteiger partial charge in [-0.05, 0) is 42.3 Å². The molecule has 0 spiro atoms. The van der Waals surface area contributed by atoms with E-state index in [0.29, 0.717) is 30.2 Å². The molecule has 0 bridgehead atoms. The molecule has 0 radical (unpaired) electrons. The van der Waals surface area contributed by atoms with E-state index in [2.05, 4.69) is 12.2 Å². The zero-order valence-electron chi connectivity index (χ0n) is 15.7. The number of hydrogen-bond acceptors (Lipinski definition) is 4. The lowest BCUT2D eigenvalue weighted by molar-refractivity contribution is 0.0950. The van der Waals surface area contributed by atoms with Crippen molar-refractivity contribution in [1.82, 2.24) is 5.32 Å². The maximum Gasteiger partial charge on any atom is 0.251 e. The van der Waals surface area contributed by atoms with Crippen LogP contribution in [0.1, 0.15) is 42.1 Å². The highest BCUT2D eigenvalue weighted by molar-refractivity contribution is 5.94. The minimum atomic E-state index is -0.151. The highest BCUT2D eigenvalue weighted by atomic mass is 16.5. The quantitative estimate of drug-likeness (QED) is 0.648. The summed E-state index contributed by atoms with van der Waals surface area (Å²) in [7, 11) is 3.22. The molecule has 0 aromatic heterocycles. The van der Waals surface area contributed by atoms with Crippen molar-refractivity contribution in [2.75, 3.05) is 20.8 Å². The summed E-state index contributed by atoms with van der Waals surface area (Å²) in [5, 5.41) is 2.92. The van der Waals surface area contributed by atoms with Crippen LogP contribution in [0, 0.1) is 0 Å². The molecule has 140 valence electrons. The summed E-state index contributed by atoms with van der Waals surface area (Å²) >= 11 is 0. The standard InChI is InChI=1S/C21H27NO4/c1-4-5-6-13-26-20-14-17(9-12-19(20)25-3)21(23)22-15-16-7-10-18(24-2)11-8-16/h7-12,14H,4-6,13,15H2,1-3H3,(H,22,23). The third-order valence-electron chi connectivity index (χ3n) is 4.04. The van der Waals surface area contributed by atoms with E-state index in [1.54, 1.807) is 32.4 Å². The Balaban J connectivity index is 1.98. The summed E-state index contributed by atoms with van der Waals surface area (Å²) in [5.41, 5.74) is 1.55. The molecule has 0 saturated carbocycles. The first kappa shape index (κ1) is 19.6. The Hall–Kier alpha value is -2.69. The van der Waals surface area contributed by atoms with Crippen LogP contribution in [0.3, 0.4) is 0 Å². The van der Waals surface area contributed by atoms with E-state index in [4.69, 9.17) is 14.2 Å². The molecule has 5 heteroatoms. The molecule has 0 aliphatic heterocycles. The molecule has 0 fully saturated rings. The topological polar surface area (TPSA) is 56.8 Å². The fourth-order valence-corrected chi connectivity index (χ4v) is 2.49. The second-order valence-corrected chi connectivity index (χ2v) is 5.95. The number of nitrogens with one attached hydrogen (secondary N) is 1. The highest BCUT2D eigenvalue weighted by Crippen LogP contribution is 2.28. The smallest absolute Gasteiger partial charge is 0.251 e. The fourth-order valence-electron chi connectivity index (χ4n) is 2.49. The first-order chi connectivity index (χ1) is 12.7. The van der Waals surface area contributed by atoms with Crippen LogP contribution in [0.2, 0.25) is 0 Å². The minimum absolute atomic E-state index is 0.151. The number of amides is 1. The molecular formula is C21H27NO4. The van der Waals surface area contributed by atoms with Gasteiger partial charge in [-0.1, -0.05) is 31.9 Å². The molecule has 0 atom stereocenters. The van der Waals surface area contributed by atoms with E-state index in [0.717, 1.165) is 30.6 Å². The Morgan fingerprint density at radius 2 is 1.73 bits per heavy atom. The molecule has 0 aliphatic carbocycles. The third-order valence-corrected chi connectivity index (χ3v) is 4.04. The number of rotatable bonds is 10. The zero-order chi connectivity index (χ0) is 18.8. The van der Waals surface area contributed by atoms with Gasteiger partial charge in [0.15, 0.2) is 11.5 Å². The summed E-state index contributed by atoms with van der Waals surface area (Å²) in [6.07, 6.45) is 3.23. The number of benzene rings is 2. The first-order valence-corrected chi connectivity index (χ1v) is 8.90. The van der Waals surface area contributed by atoms with Crippen LogP contribution in [-0.4, -0.2) is 26.7 Å². The highest BCUT2D eigenvalue weighted by Gasteiger charge is 2.11. The third kappa shape index (κ3) is 5.69. The second-order valence-electron chi connectivity index (χ2n) is 5.95. The van der Waals surface area contributed by atoms with Gasteiger partial charge in [0.2, 0.25) is 0 Å². The monoisotopic (exact) mass is 357 g/mol. The minimum Gasteiger partial charge on any atom is -0.497 e. The van der Waals surface area contributed by atoms with Crippen molar-refractivity contribution in [3.63, 3.8) is 0 Å². The van der Waals surface area contributed by atoms with Gasteiger partial charge >= 0.3 is 0 Å². The van der Waals surface area contributed by atoms with Crippen LogP contribution in [-0.2, 0) is 6.54 Å². The summed E-state index contributed by atoms with van der Waals surface area (Å²) in [5.74, 6) is 1.87. The van der Waals surface area contributed by atoms with E-state index in [1.165, 1.54) is 0 Å². The van der Waals surface area contributed by atoms with Crippen molar-refractivity contribution in [2.45, 2.75) is 32.7 Å².